The van der Waals surface area contributed by atoms with Crippen molar-refractivity contribution >= 4 is 45.6 Å². The Morgan fingerprint density at radius 2 is 1.83 bits per heavy atom. The minimum Gasteiger partial charge on any atom is -0.314 e. The van der Waals surface area contributed by atoms with Crippen LogP contribution in [-0.4, -0.2) is 62.9 Å². The van der Waals surface area contributed by atoms with Crippen LogP contribution >= 0.6 is 35.6 Å². The molecule has 0 amide bonds. The van der Waals surface area contributed by atoms with Crippen molar-refractivity contribution in [1.82, 2.24) is 14.5 Å². The summed E-state index contributed by atoms with van der Waals surface area (Å²) < 4.78 is 27.1. The zero-order chi connectivity index (χ0) is 15.7. The van der Waals surface area contributed by atoms with Gasteiger partial charge in [0.25, 0.3) is 0 Å². The van der Waals surface area contributed by atoms with Crippen LogP contribution in [0, 0.1) is 0 Å². The summed E-state index contributed by atoms with van der Waals surface area (Å²) in [6, 6.07) is 4.81. The standard InChI is InChI=1S/C14H19Cl2N3O2S.ClH/c15-11-1-2-14(13(16)9-11)22(20,21)19-6-3-12(10-19)18-7-4-17-5-8-18;/h1-2,9,12,17H,3-8,10H2;1H. The molecule has 130 valence electrons. The molecule has 0 aromatic heterocycles. The number of nitrogens with one attached hydrogen (secondary N) is 1. The lowest BCUT2D eigenvalue weighted by Crippen LogP contribution is -2.49. The molecular weight excluding hydrogens is 381 g/mol. The van der Waals surface area contributed by atoms with Crippen LogP contribution in [0.15, 0.2) is 23.1 Å². The van der Waals surface area contributed by atoms with Crippen LogP contribution in [0.25, 0.3) is 0 Å². The van der Waals surface area contributed by atoms with Crippen LogP contribution < -0.4 is 5.32 Å². The molecule has 23 heavy (non-hydrogen) atoms. The number of sulfonamides is 1. The van der Waals surface area contributed by atoms with Gasteiger partial charge in [-0.3, -0.25) is 4.90 Å². The van der Waals surface area contributed by atoms with E-state index in [4.69, 9.17) is 23.2 Å². The normalized spacial score (nSPS) is 23.7. The molecule has 1 atom stereocenters. The van der Waals surface area contributed by atoms with Crippen molar-refractivity contribution in [2.75, 3.05) is 39.3 Å². The molecule has 1 aromatic rings. The third-order valence-corrected chi connectivity index (χ3v) is 6.89. The minimum absolute atomic E-state index is 0. The average molecular weight is 401 g/mol. The Balaban J connectivity index is 0.00000192. The van der Waals surface area contributed by atoms with Gasteiger partial charge >= 0.3 is 0 Å². The first-order valence-electron chi connectivity index (χ1n) is 7.38. The van der Waals surface area contributed by atoms with Crippen LogP contribution in [0.3, 0.4) is 0 Å². The second kappa shape index (κ2) is 7.87. The van der Waals surface area contributed by atoms with E-state index >= 15 is 0 Å². The van der Waals surface area contributed by atoms with Gasteiger partial charge in [-0.05, 0) is 24.6 Å². The topological polar surface area (TPSA) is 52.7 Å². The Kier molecular flexibility index (Phi) is 6.58. The molecule has 2 aliphatic rings. The van der Waals surface area contributed by atoms with Gasteiger partial charge in [0.15, 0.2) is 0 Å². The molecule has 0 aliphatic carbocycles. The summed E-state index contributed by atoms with van der Waals surface area (Å²) in [7, 11) is -3.56. The van der Waals surface area contributed by atoms with Crippen LogP contribution in [-0.2, 0) is 10.0 Å². The van der Waals surface area contributed by atoms with Crippen molar-refractivity contribution < 1.29 is 8.42 Å². The van der Waals surface area contributed by atoms with Crippen LogP contribution in [0.1, 0.15) is 6.42 Å². The predicted octanol–water partition coefficient (Wildman–Crippen LogP) is 2.08. The molecule has 1 unspecified atom stereocenters. The van der Waals surface area contributed by atoms with Gasteiger partial charge < -0.3 is 5.32 Å². The summed E-state index contributed by atoms with van der Waals surface area (Å²) in [5, 5.41) is 3.93. The summed E-state index contributed by atoms with van der Waals surface area (Å²) >= 11 is 11.9. The van der Waals surface area contributed by atoms with E-state index in [1.165, 1.54) is 16.4 Å². The molecule has 2 saturated heterocycles. The quantitative estimate of drug-likeness (QED) is 0.844. The highest BCUT2D eigenvalue weighted by atomic mass is 35.5. The van der Waals surface area contributed by atoms with E-state index in [1.54, 1.807) is 6.07 Å². The Morgan fingerprint density at radius 3 is 2.48 bits per heavy atom. The van der Waals surface area contributed by atoms with Gasteiger partial charge in [0.05, 0.1) is 5.02 Å². The van der Waals surface area contributed by atoms with Crippen LogP contribution in [0.5, 0.6) is 0 Å². The first-order valence-corrected chi connectivity index (χ1v) is 9.58. The summed E-state index contributed by atoms with van der Waals surface area (Å²) in [5.41, 5.74) is 0. The molecule has 1 aromatic carbocycles. The third-order valence-electron chi connectivity index (χ3n) is 4.31. The van der Waals surface area contributed by atoms with Gasteiger partial charge in [-0.25, -0.2) is 8.42 Å². The minimum atomic E-state index is -3.56. The lowest BCUT2D eigenvalue weighted by atomic mass is 10.2. The molecule has 0 bridgehead atoms. The number of halogens is 3. The lowest BCUT2D eigenvalue weighted by Gasteiger charge is -2.32. The lowest BCUT2D eigenvalue weighted by molar-refractivity contribution is 0.179. The number of hydrogen-bond acceptors (Lipinski definition) is 4. The summed E-state index contributed by atoms with van der Waals surface area (Å²) in [4.78, 5) is 2.51. The number of benzene rings is 1. The maximum absolute atomic E-state index is 12.8. The van der Waals surface area contributed by atoms with Crippen molar-refractivity contribution in [3.63, 3.8) is 0 Å². The summed E-state index contributed by atoms with van der Waals surface area (Å²) in [6.07, 6.45) is 0.866. The molecule has 9 heteroatoms. The number of piperazine rings is 1. The predicted molar refractivity (Wildman–Crippen MR) is 95.3 cm³/mol. The van der Waals surface area contributed by atoms with Gasteiger partial charge in [-0.2, -0.15) is 4.31 Å². The van der Waals surface area contributed by atoms with Gasteiger partial charge in [0.1, 0.15) is 4.90 Å². The van der Waals surface area contributed by atoms with Crippen molar-refractivity contribution in [1.29, 1.82) is 0 Å². The Labute approximate surface area is 153 Å². The smallest absolute Gasteiger partial charge is 0.244 e. The van der Waals surface area contributed by atoms with Crippen molar-refractivity contribution in [3.8, 4) is 0 Å². The molecule has 5 nitrogen and oxygen atoms in total. The molecule has 1 N–H and O–H groups in total. The number of hydrogen-bond donors (Lipinski definition) is 1. The average Bonchev–Trinajstić information content (AvgIpc) is 2.98. The number of rotatable bonds is 3. The van der Waals surface area contributed by atoms with Gasteiger partial charge in [0.2, 0.25) is 10.0 Å². The van der Waals surface area contributed by atoms with Crippen LogP contribution in [0.4, 0.5) is 0 Å². The highest BCUT2D eigenvalue weighted by Crippen LogP contribution is 2.30. The van der Waals surface area contributed by atoms with E-state index in [0.717, 1.165) is 32.6 Å². The fourth-order valence-electron chi connectivity index (χ4n) is 3.10. The maximum atomic E-state index is 12.8. The van der Waals surface area contributed by atoms with E-state index in [9.17, 15) is 8.42 Å². The van der Waals surface area contributed by atoms with Crippen LogP contribution in [0.2, 0.25) is 10.0 Å². The van der Waals surface area contributed by atoms with Crippen molar-refractivity contribution in [2.45, 2.75) is 17.4 Å². The first kappa shape index (κ1) is 19.2. The molecule has 0 radical (unpaired) electrons. The van der Waals surface area contributed by atoms with Gasteiger partial charge in [-0.1, -0.05) is 23.2 Å². The Hall–Kier alpha value is -0.0800. The molecule has 2 aliphatic heterocycles. The molecule has 2 heterocycles. The van der Waals surface area contributed by atoms with Crippen molar-refractivity contribution in [2.24, 2.45) is 0 Å². The maximum Gasteiger partial charge on any atom is 0.244 e. The number of nitrogens with zero attached hydrogens (tertiary/aromatic N) is 2. The largest absolute Gasteiger partial charge is 0.314 e. The molecule has 3 rings (SSSR count). The van der Waals surface area contributed by atoms with E-state index < -0.39 is 10.0 Å². The summed E-state index contributed by atoms with van der Waals surface area (Å²) in [6.45, 7) is 4.94. The zero-order valence-electron chi connectivity index (χ0n) is 12.5. The van der Waals surface area contributed by atoms with Gasteiger partial charge in [-0.15, -0.1) is 12.4 Å². The van der Waals surface area contributed by atoms with Crippen molar-refractivity contribution in [3.05, 3.63) is 28.2 Å². The highest BCUT2D eigenvalue weighted by Gasteiger charge is 2.36. The molecular formula is C14H20Cl3N3O2S. The highest BCUT2D eigenvalue weighted by molar-refractivity contribution is 7.89. The first-order chi connectivity index (χ1) is 10.5. The molecule has 2 fully saturated rings. The second-order valence-electron chi connectivity index (χ2n) is 5.67. The molecule has 0 spiro atoms. The zero-order valence-corrected chi connectivity index (χ0v) is 15.7. The fourth-order valence-corrected chi connectivity index (χ4v) is 5.34. The Morgan fingerprint density at radius 1 is 1.13 bits per heavy atom. The summed E-state index contributed by atoms with van der Waals surface area (Å²) in [5.74, 6) is 0. The van der Waals surface area contributed by atoms with E-state index in [1.807, 2.05) is 0 Å². The monoisotopic (exact) mass is 399 g/mol. The van der Waals surface area contributed by atoms with E-state index in [-0.39, 0.29) is 22.3 Å². The molecule has 0 saturated carbocycles. The van der Waals surface area contributed by atoms with E-state index in [2.05, 4.69) is 10.2 Å². The van der Waals surface area contributed by atoms with Gasteiger partial charge in [0, 0.05) is 50.3 Å². The fraction of sp³-hybridized carbons (Fsp3) is 0.571. The Bertz CT molecular complexity index is 651. The third kappa shape index (κ3) is 4.12. The van der Waals surface area contributed by atoms with E-state index in [0.29, 0.717) is 24.2 Å². The SMILES string of the molecule is Cl.O=S(=O)(c1ccc(Cl)cc1Cl)N1CCC(N2CCNCC2)C1. The second-order valence-corrected chi connectivity index (χ2v) is 8.42.